The maximum Gasteiger partial charge on any atom is 0.226 e. The summed E-state index contributed by atoms with van der Waals surface area (Å²) in [7, 11) is 0. The summed E-state index contributed by atoms with van der Waals surface area (Å²) in [5.74, 6) is -1.80. The number of rotatable bonds is 4. The van der Waals surface area contributed by atoms with Crippen molar-refractivity contribution in [2.24, 2.45) is 0 Å². The van der Waals surface area contributed by atoms with Crippen molar-refractivity contribution in [2.75, 3.05) is 5.32 Å². The van der Waals surface area contributed by atoms with Gasteiger partial charge in [0, 0.05) is 21.8 Å². The Balaban J connectivity index is 1.75. The molecular weight excluding hydrogens is 393 g/mol. The molecule has 0 spiro atoms. The van der Waals surface area contributed by atoms with Crippen molar-refractivity contribution in [3.8, 4) is 0 Å². The summed E-state index contributed by atoms with van der Waals surface area (Å²) >= 11 is 5.97. The monoisotopic (exact) mass is 407 g/mol. The van der Waals surface area contributed by atoms with E-state index in [4.69, 9.17) is 11.6 Å². The van der Waals surface area contributed by atoms with Gasteiger partial charge in [0.2, 0.25) is 5.91 Å². The Morgan fingerprint density at radius 3 is 1.97 bits per heavy atom. The predicted octanol–water partition coefficient (Wildman–Crippen LogP) is 4.82. The molecule has 3 aromatic rings. The van der Waals surface area contributed by atoms with Crippen molar-refractivity contribution in [3.05, 3.63) is 100 Å². The van der Waals surface area contributed by atoms with Gasteiger partial charge in [0.25, 0.3) is 0 Å². The molecule has 4 rings (SSSR count). The van der Waals surface area contributed by atoms with Crippen LogP contribution in [-0.2, 0) is 10.2 Å². The Hall–Kier alpha value is -3.31. The Bertz CT molecular complexity index is 1090. The average Bonchev–Trinajstić information content (AvgIpc) is 2.93. The lowest BCUT2D eigenvalue weighted by atomic mass is 9.73. The lowest BCUT2D eigenvalue weighted by Crippen LogP contribution is -2.41. The Morgan fingerprint density at radius 2 is 1.41 bits per heavy atom. The number of hydrogen-bond acceptors (Lipinski definition) is 3. The molecule has 0 saturated carbocycles. The minimum atomic E-state index is -1.67. The highest BCUT2D eigenvalue weighted by atomic mass is 35.5. The van der Waals surface area contributed by atoms with E-state index < -0.39 is 28.7 Å². The molecule has 144 valence electrons. The smallest absolute Gasteiger partial charge is 0.226 e. The van der Waals surface area contributed by atoms with Gasteiger partial charge in [-0.1, -0.05) is 48.0 Å². The highest BCUT2D eigenvalue weighted by Crippen LogP contribution is 2.42. The topological polar surface area (TPSA) is 63.2 Å². The first-order chi connectivity index (χ1) is 13.9. The second-order valence-corrected chi connectivity index (χ2v) is 7.28. The van der Waals surface area contributed by atoms with Gasteiger partial charge in [-0.25, -0.2) is 4.39 Å². The minimum absolute atomic E-state index is 0.294. The molecule has 0 fully saturated rings. The zero-order chi connectivity index (χ0) is 20.6. The van der Waals surface area contributed by atoms with E-state index >= 15 is 0 Å². The van der Waals surface area contributed by atoms with Crippen LogP contribution in [0.5, 0.6) is 0 Å². The van der Waals surface area contributed by atoms with Crippen LogP contribution in [0.4, 0.5) is 10.1 Å². The molecule has 0 saturated heterocycles. The van der Waals surface area contributed by atoms with Gasteiger partial charge in [-0.2, -0.15) is 0 Å². The molecule has 29 heavy (non-hydrogen) atoms. The van der Waals surface area contributed by atoms with Crippen molar-refractivity contribution in [1.29, 1.82) is 0 Å². The third kappa shape index (κ3) is 3.23. The van der Waals surface area contributed by atoms with E-state index in [9.17, 15) is 18.8 Å². The van der Waals surface area contributed by atoms with Gasteiger partial charge in [-0.15, -0.1) is 0 Å². The number of ketones is 2. The number of nitrogens with one attached hydrogen (secondary N) is 1. The van der Waals surface area contributed by atoms with Crippen LogP contribution in [0.15, 0.2) is 72.8 Å². The Kier molecular flexibility index (Phi) is 4.76. The molecular formula is C23H15ClFNO3. The summed E-state index contributed by atoms with van der Waals surface area (Å²) in [6.45, 7) is 0. The molecule has 0 unspecified atom stereocenters. The SMILES string of the molecule is O=C(CC1(c2ccc(Cl)cc2)C(=O)c2ccccc2C1=O)Nc1ccc(F)cc1. The fourth-order valence-corrected chi connectivity index (χ4v) is 3.81. The van der Waals surface area contributed by atoms with Crippen molar-refractivity contribution in [2.45, 2.75) is 11.8 Å². The molecule has 6 heteroatoms. The van der Waals surface area contributed by atoms with Crippen LogP contribution >= 0.6 is 11.6 Å². The second kappa shape index (κ2) is 7.26. The molecule has 0 aliphatic heterocycles. The summed E-state index contributed by atoms with van der Waals surface area (Å²) in [4.78, 5) is 39.5. The number of anilines is 1. The normalized spacial score (nSPS) is 14.6. The number of Topliss-reactive ketones (excluding diaryl/α,β-unsaturated/α-hetero) is 2. The maximum atomic E-state index is 13.4. The highest BCUT2D eigenvalue weighted by Gasteiger charge is 2.55. The third-order valence-electron chi connectivity index (χ3n) is 5.08. The number of halogens is 2. The van der Waals surface area contributed by atoms with E-state index in [2.05, 4.69) is 5.32 Å². The van der Waals surface area contributed by atoms with Crippen LogP contribution in [0.3, 0.4) is 0 Å². The lowest BCUT2D eigenvalue weighted by molar-refractivity contribution is -0.116. The Morgan fingerprint density at radius 1 is 0.862 bits per heavy atom. The number of carbonyl (C=O) groups excluding carboxylic acids is 3. The van der Waals surface area contributed by atoms with Crippen LogP contribution in [0.25, 0.3) is 0 Å². The summed E-state index contributed by atoms with van der Waals surface area (Å²) in [5.41, 5.74) is -0.303. The summed E-state index contributed by atoms with van der Waals surface area (Å²) < 4.78 is 13.1. The van der Waals surface area contributed by atoms with E-state index in [1.807, 2.05) is 0 Å². The number of carbonyl (C=O) groups is 3. The maximum absolute atomic E-state index is 13.4. The quantitative estimate of drug-likeness (QED) is 0.630. The van der Waals surface area contributed by atoms with Crippen LogP contribution < -0.4 is 5.32 Å². The largest absolute Gasteiger partial charge is 0.326 e. The van der Waals surface area contributed by atoms with E-state index in [0.717, 1.165) is 0 Å². The fourth-order valence-electron chi connectivity index (χ4n) is 3.68. The minimum Gasteiger partial charge on any atom is -0.326 e. The molecule has 0 heterocycles. The third-order valence-corrected chi connectivity index (χ3v) is 5.33. The number of benzene rings is 3. The molecule has 0 atom stereocenters. The van der Waals surface area contributed by atoms with Gasteiger partial charge >= 0.3 is 0 Å². The van der Waals surface area contributed by atoms with Crippen molar-refractivity contribution < 1.29 is 18.8 Å². The molecule has 1 aliphatic rings. The molecule has 1 N–H and O–H groups in total. The molecule has 0 bridgehead atoms. The molecule has 0 radical (unpaired) electrons. The van der Waals surface area contributed by atoms with Crippen LogP contribution in [0.2, 0.25) is 5.02 Å². The van der Waals surface area contributed by atoms with Gasteiger partial charge < -0.3 is 5.32 Å². The van der Waals surface area contributed by atoms with Gasteiger partial charge in [0.1, 0.15) is 11.2 Å². The fraction of sp³-hybridized carbons (Fsp3) is 0.0870. The number of fused-ring (bicyclic) bond motifs is 1. The Labute approximate surface area is 171 Å². The van der Waals surface area contributed by atoms with E-state index in [1.54, 1.807) is 48.5 Å². The molecule has 4 nitrogen and oxygen atoms in total. The zero-order valence-electron chi connectivity index (χ0n) is 15.1. The summed E-state index contributed by atoms with van der Waals surface area (Å²) in [6, 6.07) is 18.1. The first-order valence-corrected chi connectivity index (χ1v) is 9.30. The zero-order valence-corrected chi connectivity index (χ0v) is 15.9. The van der Waals surface area contributed by atoms with Crippen molar-refractivity contribution >= 4 is 34.8 Å². The van der Waals surface area contributed by atoms with E-state index in [0.29, 0.717) is 27.4 Å². The predicted molar refractivity (Wildman–Crippen MR) is 108 cm³/mol. The van der Waals surface area contributed by atoms with E-state index in [-0.39, 0.29) is 6.42 Å². The molecule has 1 aliphatic carbocycles. The number of hydrogen-bond donors (Lipinski definition) is 1. The van der Waals surface area contributed by atoms with Crippen LogP contribution in [0.1, 0.15) is 32.7 Å². The lowest BCUT2D eigenvalue weighted by Gasteiger charge is -2.26. The van der Waals surface area contributed by atoms with Crippen LogP contribution in [-0.4, -0.2) is 17.5 Å². The molecule has 1 amide bonds. The summed E-state index contributed by atoms with van der Waals surface area (Å²) in [5, 5.41) is 3.09. The van der Waals surface area contributed by atoms with Gasteiger partial charge in [-0.05, 0) is 42.0 Å². The number of amides is 1. The average molecular weight is 408 g/mol. The first-order valence-electron chi connectivity index (χ1n) is 8.92. The molecule has 3 aromatic carbocycles. The second-order valence-electron chi connectivity index (χ2n) is 6.85. The summed E-state index contributed by atoms with van der Waals surface area (Å²) in [6.07, 6.45) is -0.377. The van der Waals surface area contributed by atoms with E-state index in [1.165, 1.54) is 24.3 Å². The van der Waals surface area contributed by atoms with Crippen molar-refractivity contribution in [1.82, 2.24) is 0 Å². The van der Waals surface area contributed by atoms with Gasteiger partial charge in [0.15, 0.2) is 11.6 Å². The first kappa shape index (κ1) is 19.0. The van der Waals surface area contributed by atoms with Crippen LogP contribution in [0, 0.1) is 5.82 Å². The van der Waals surface area contributed by atoms with Crippen molar-refractivity contribution in [3.63, 3.8) is 0 Å². The van der Waals surface area contributed by atoms with Gasteiger partial charge in [-0.3, -0.25) is 14.4 Å². The van der Waals surface area contributed by atoms with Gasteiger partial charge in [0.05, 0.1) is 6.42 Å². The highest BCUT2D eigenvalue weighted by molar-refractivity contribution is 6.34. The molecule has 0 aromatic heterocycles. The standard InChI is InChI=1S/C23H15ClFNO3/c24-15-7-5-14(6-8-15)23(13-20(27)26-17-11-9-16(25)10-12-17)21(28)18-3-1-2-4-19(18)22(23)29/h1-12H,13H2,(H,26,27).